The lowest BCUT2D eigenvalue weighted by molar-refractivity contribution is -0.137. The van der Waals surface area contributed by atoms with E-state index in [-0.39, 0.29) is 25.5 Å². The van der Waals surface area contributed by atoms with Gasteiger partial charge in [0.2, 0.25) is 0 Å². The number of hydrogen-bond acceptors (Lipinski definition) is 3. The van der Waals surface area contributed by atoms with Crippen molar-refractivity contribution < 1.29 is 19.4 Å². The van der Waals surface area contributed by atoms with Crippen molar-refractivity contribution in [1.29, 1.82) is 0 Å². The minimum Gasteiger partial charge on any atom is -0.484 e. The molecule has 1 aromatic rings. The molecule has 0 saturated carbocycles. The van der Waals surface area contributed by atoms with Crippen molar-refractivity contribution in [3.05, 3.63) is 29.3 Å². The molecule has 2 N–H and O–H groups in total. The molecule has 5 heteroatoms. The highest BCUT2D eigenvalue weighted by Gasteiger charge is 2.04. The summed E-state index contributed by atoms with van der Waals surface area (Å²) >= 11 is 0. The Hall–Kier alpha value is -2.04. The van der Waals surface area contributed by atoms with Gasteiger partial charge in [0.15, 0.2) is 6.61 Å². The lowest BCUT2D eigenvalue weighted by Gasteiger charge is -2.08. The van der Waals surface area contributed by atoms with E-state index in [4.69, 9.17) is 9.84 Å². The van der Waals surface area contributed by atoms with Gasteiger partial charge in [0, 0.05) is 6.54 Å². The van der Waals surface area contributed by atoms with Gasteiger partial charge in [0.05, 0.1) is 6.42 Å². The minimum absolute atomic E-state index is 0.0880. The number of amides is 1. The molecule has 0 radical (unpaired) electrons. The molecule has 0 aliphatic carbocycles. The van der Waals surface area contributed by atoms with Crippen LogP contribution in [-0.4, -0.2) is 30.1 Å². The average molecular weight is 251 g/mol. The minimum atomic E-state index is -0.939. The molecule has 0 aromatic heterocycles. The highest BCUT2D eigenvalue weighted by molar-refractivity contribution is 5.78. The van der Waals surface area contributed by atoms with E-state index in [1.165, 1.54) is 0 Å². The van der Waals surface area contributed by atoms with Crippen LogP contribution in [0.4, 0.5) is 0 Å². The first-order chi connectivity index (χ1) is 8.47. The van der Waals surface area contributed by atoms with E-state index in [1.54, 1.807) is 0 Å². The summed E-state index contributed by atoms with van der Waals surface area (Å²) in [5, 5.41) is 10.9. The van der Waals surface area contributed by atoms with Crippen LogP contribution in [-0.2, 0) is 9.59 Å². The van der Waals surface area contributed by atoms with Crippen LogP contribution < -0.4 is 10.1 Å². The highest BCUT2D eigenvalue weighted by Crippen LogP contribution is 2.15. The largest absolute Gasteiger partial charge is 0.484 e. The molecular weight excluding hydrogens is 234 g/mol. The lowest BCUT2D eigenvalue weighted by Crippen LogP contribution is -2.30. The van der Waals surface area contributed by atoms with Crippen LogP contribution in [0, 0.1) is 13.8 Å². The Morgan fingerprint density at radius 1 is 1.22 bits per heavy atom. The SMILES string of the molecule is Cc1cc(C)cc(OCC(=O)NCCC(=O)O)c1. The maximum Gasteiger partial charge on any atom is 0.305 e. The van der Waals surface area contributed by atoms with Crippen LogP contribution in [0.5, 0.6) is 5.75 Å². The van der Waals surface area contributed by atoms with E-state index in [2.05, 4.69) is 5.32 Å². The Morgan fingerprint density at radius 2 is 1.83 bits per heavy atom. The molecule has 5 nitrogen and oxygen atoms in total. The summed E-state index contributed by atoms with van der Waals surface area (Å²) in [4.78, 5) is 21.6. The average Bonchev–Trinajstić information content (AvgIpc) is 2.24. The van der Waals surface area contributed by atoms with Gasteiger partial charge in [-0.15, -0.1) is 0 Å². The topological polar surface area (TPSA) is 75.6 Å². The van der Waals surface area contributed by atoms with Crippen molar-refractivity contribution in [3.63, 3.8) is 0 Å². The molecule has 98 valence electrons. The summed E-state index contributed by atoms with van der Waals surface area (Å²) in [6, 6.07) is 5.70. The molecule has 0 aliphatic rings. The monoisotopic (exact) mass is 251 g/mol. The smallest absolute Gasteiger partial charge is 0.305 e. The van der Waals surface area contributed by atoms with Crippen molar-refractivity contribution in [2.24, 2.45) is 0 Å². The second-order valence-corrected chi connectivity index (χ2v) is 4.11. The molecule has 1 aromatic carbocycles. The summed E-state index contributed by atoms with van der Waals surface area (Å²) in [6.45, 7) is 3.91. The van der Waals surface area contributed by atoms with Crippen molar-refractivity contribution in [3.8, 4) is 5.75 Å². The Kier molecular flexibility index (Phi) is 5.17. The molecule has 0 heterocycles. The number of rotatable bonds is 6. The van der Waals surface area contributed by atoms with Crippen LogP contribution in [0.25, 0.3) is 0 Å². The van der Waals surface area contributed by atoms with Crippen molar-refractivity contribution >= 4 is 11.9 Å². The maximum atomic E-state index is 11.3. The zero-order valence-corrected chi connectivity index (χ0v) is 10.5. The molecular formula is C13H17NO4. The van der Waals surface area contributed by atoms with Crippen molar-refractivity contribution in [2.75, 3.05) is 13.2 Å². The molecule has 0 aliphatic heterocycles. The molecule has 0 bridgehead atoms. The number of ether oxygens (including phenoxy) is 1. The molecule has 0 saturated heterocycles. The molecule has 1 amide bonds. The van der Waals surface area contributed by atoms with E-state index in [0.29, 0.717) is 5.75 Å². The predicted molar refractivity (Wildman–Crippen MR) is 66.7 cm³/mol. The molecule has 18 heavy (non-hydrogen) atoms. The Bertz CT molecular complexity index is 422. The molecule has 1 rings (SSSR count). The van der Waals surface area contributed by atoms with E-state index >= 15 is 0 Å². The zero-order chi connectivity index (χ0) is 13.5. The van der Waals surface area contributed by atoms with E-state index in [1.807, 2.05) is 32.0 Å². The Labute approximate surface area is 106 Å². The number of aryl methyl sites for hydroxylation is 2. The standard InChI is InChI=1S/C13H17NO4/c1-9-5-10(2)7-11(6-9)18-8-12(15)14-4-3-13(16)17/h5-7H,3-4,8H2,1-2H3,(H,14,15)(H,16,17). The van der Waals surface area contributed by atoms with Crippen LogP contribution in [0.3, 0.4) is 0 Å². The first kappa shape index (κ1) is 14.0. The number of carboxylic acids is 1. The van der Waals surface area contributed by atoms with Crippen molar-refractivity contribution in [1.82, 2.24) is 5.32 Å². The fourth-order valence-corrected chi connectivity index (χ4v) is 1.52. The van der Waals surface area contributed by atoms with Gasteiger partial charge >= 0.3 is 5.97 Å². The first-order valence-electron chi connectivity index (χ1n) is 5.67. The zero-order valence-electron chi connectivity index (χ0n) is 10.5. The lowest BCUT2D eigenvalue weighted by atomic mass is 10.1. The molecule has 0 spiro atoms. The van der Waals surface area contributed by atoms with Gasteiger partial charge in [0.25, 0.3) is 5.91 Å². The number of aliphatic carboxylic acids is 1. The predicted octanol–water partition coefficient (Wildman–Crippen LogP) is 1.27. The summed E-state index contributed by atoms with van der Waals surface area (Å²) in [6.07, 6.45) is -0.0880. The van der Waals surface area contributed by atoms with Crippen LogP contribution >= 0.6 is 0 Å². The normalized spacial score (nSPS) is 9.89. The fourth-order valence-electron chi connectivity index (χ4n) is 1.52. The van der Waals surface area contributed by atoms with Gasteiger partial charge < -0.3 is 15.2 Å². The second kappa shape index (κ2) is 6.64. The third kappa shape index (κ3) is 5.34. The van der Waals surface area contributed by atoms with Crippen LogP contribution in [0.15, 0.2) is 18.2 Å². The van der Waals surface area contributed by atoms with Gasteiger partial charge in [0.1, 0.15) is 5.75 Å². The summed E-state index contributed by atoms with van der Waals surface area (Å²) in [7, 11) is 0. The number of hydrogen-bond donors (Lipinski definition) is 2. The summed E-state index contributed by atoms with van der Waals surface area (Å²) in [5.41, 5.74) is 2.13. The number of carbonyl (C=O) groups excluding carboxylic acids is 1. The molecule has 0 unspecified atom stereocenters. The van der Waals surface area contributed by atoms with Crippen LogP contribution in [0.1, 0.15) is 17.5 Å². The maximum absolute atomic E-state index is 11.3. The fraction of sp³-hybridized carbons (Fsp3) is 0.385. The number of nitrogens with one attached hydrogen (secondary N) is 1. The van der Waals surface area contributed by atoms with Crippen molar-refractivity contribution in [2.45, 2.75) is 20.3 Å². The van der Waals surface area contributed by atoms with E-state index in [9.17, 15) is 9.59 Å². The van der Waals surface area contributed by atoms with E-state index < -0.39 is 5.97 Å². The number of carbonyl (C=O) groups is 2. The second-order valence-electron chi connectivity index (χ2n) is 4.11. The summed E-state index contributed by atoms with van der Waals surface area (Å²) < 4.78 is 5.33. The van der Waals surface area contributed by atoms with Gasteiger partial charge in [-0.25, -0.2) is 0 Å². The van der Waals surface area contributed by atoms with Crippen LogP contribution in [0.2, 0.25) is 0 Å². The Balaban J connectivity index is 2.35. The van der Waals surface area contributed by atoms with Gasteiger partial charge in [-0.2, -0.15) is 0 Å². The summed E-state index contributed by atoms with van der Waals surface area (Å²) in [5.74, 6) is -0.623. The highest BCUT2D eigenvalue weighted by atomic mass is 16.5. The van der Waals surface area contributed by atoms with Gasteiger partial charge in [-0.05, 0) is 37.1 Å². The first-order valence-corrected chi connectivity index (χ1v) is 5.67. The molecule has 0 atom stereocenters. The third-order valence-corrected chi connectivity index (χ3v) is 2.23. The third-order valence-electron chi connectivity index (χ3n) is 2.23. The quantitative estimate of drug-likeness (QED) is 0.798. The molecule has 0 fully saturated rings. The number of carboxylic acid groups (broad SMARTS) is 1. The number of benzene rings is 1. The Morgan fingerprint density at radius 3 is 2.39 bits per heavy atom. The van der Waals surface area contributed by atoms with Gasteiger partial charge in [-0.3, -0.25) is 9.59 Å². The van der Waals surface area contributed by atoms with Gasteiger partial charge in [-0.1, -0.05) is 6.07 Å². The van der Waals surface area contributed by atoms with E-state index in [0.717, 1.165) is 11.1 Å².